The van der Waals surface area contributed by atoms with Crippen LogP contribution in [0, 0.1) is 0 Å². The van der Waals surface area contributed by atoms with Gasteiger partial charge in [0.25, 0.3) is 5.56 Å². The van der Waals surface area contributed by atoms with E-state index in [0.29, 0.717) is 17.9 Å². The molecule has 2 aromatic rings. The molecule has 8 heteroatoms. The maximum absolute atomic E-state index is 11.7. The zero-order valence-corrected chi connectivity index (χ0v) is 13.6. The molecule has 0 saturated heterocycles. The fraction of sp³-hybridized carbons (Fsp3) is 0.250. The zero-order chi connectivity index (χ0) is 17.7. The summed E-state index contributed by atoms with van der Waals surface area (Å²) in [6.07, 6.45) is 1.57. The van der Waals surface area contributed by atoms with E-state index in [1.165, 1.54) is 25.2 Å². The first-order chi connectivity index (χ1) is 11.5. The Balaban J connectivity index is 2.24. The number of carbonyl (C=O) groups excluding carboxylic acids is 1. The summed E-state index contributed by atoms with van der Waals surface area (Å²) in [5.41, 5.74) is 0.281. The molecule has 0 bridgehead atoms. The van der Waals surface area contributed by atoms with Crippen LogP contribution in [0.1, 0.15) is 22.8 Å². The van der Waals surface area contributed by atoms with Gasteiger partial charge < -0.3 is 4.74 Å². The molecule has 24 heavy (non-hydrogen) atoms. The van der Waals surface area contributed by atoms with Crippen molar-refractivity contribution in [3.05, 3.63) is 62.3 Å². The molecular formula is C16H18N4O4. The van der Waals surface area contributed by atoms with Crippen molar-refractivity contribution in [3.8, 4) is 0 Å². The lowest BCUT2D eigenvalue weighted by atomic mass is 10.1. The van der Waals surface area contributed by atoms with E-state index in [0.717, 1.165) is 10.1 Å². The molecule has 126 valence electrons. The minimum Gasteiger partial charge on any atom is -0.465 e. The van der Waals surface area contributed by atoms with Crippen LogP contribution in [0.4, 0.5) is 5.82 Å². The van der Waals surface area contributed by atoms with E-state index in [1.807, 2.05) is 6.92 Å². The van der Waals surface area contributed by atoms with Crippen molar-refractivity contribution in [1.82, 2.24) is 9.55 Å². The Hall–Kier alpha value is -3.16. The smallest absolute Gasteiger partial charge is 0.337 e. The lowest BCUT2D eigenvalue weighted by molar-refractivity contribution is 0.0600. The summed E-state index contributed by atoms with van der Waals surface area (Å²) < 4.78 is 5.61. The Kier molecular flexibility index (Phi) is 5.31. The van der Waals surface area contributed by atoms with Gasteiger partial charge in [-0.15, -0.1) is 0 Å². The predicted octanol–water partition coefficient (Wildman–Crippen LogP) is 0.721. The van der Waals surface area contributed by atoms with Crippen LogP contribution >= 0.6 is 0 Å². The number of hydrazone groups is 1. The number of benzene rings is 1. The van der Waals surface area contributed by atoms with Gasteiger partial charge in [-0.2, -0.15) is 5.10 Å². The van der Waals surface area contributed by atoms with E-state index in [1.54, 1.807) is 30.5 Å². The molecule has 0 spiro atoms. The molecule has 1 N–H and O–H groups in total. The highest BCUT2D eigenvalue weighted by atomic mass is 16.5. The third kappa shape index (κ3) is 3.78. The van der Waals surface area contributed by atoms with E-state index < -0.39 is 17.2 Å². The van der Waals surface area contributed by atoms with Crippen LogP contribution in [0.2, 0.25) is 0 Å². The Morgan fingerprint density at radius 2 is 2.00 bits per heavy atom. The third-order valence-corrected chi connectivity index (χ3v) is 3.39. The van der Waals surface area contributed by atoms with Gasteiger partial charge in [0.1, 0.15) is 5.82 Å². The monoisotopic (exact) mass is 330 g/mol. The van der Waals surface area contributed by atoms with Crippen LogP contribution in [-0.2, 0) is 11.8 Å². The van der Waals surface area contributed by atoms with Gasteiger partial charge in [0.05, 0.1) is 18.9 Å². The summed E-state index contributed by atoms with van der Waals surface area (Å²) in [6.45, 7) is 2.30. The fourth-order valence-electron chi connectivity index (χ4n) is 1.96. The predicted molar refractivity (Wildman–Crippen MR) is 90.7 cm³/mol. The average Bonchev–Trinajstić information content (AvgIpc) is 2.60. The number of esters is 1. The van der Waals surface area contributed by atoms with E-state index in [4.69, 9.17) is 0 Å². The number of anilines is 1. The van der Waals surface area contributed by atoms with Gasteiger partial charge in [0, 0.05) is 19.7 Å². The van der Waals surface area contributed by atoms with Crippen LogP contribution in [0.3, 0.4) is 0 Å². The van der Waals surface area contributed by atoms with Crippen molar-refractivity contribution in [2.75, 3.05) is 18.7 Å². The van der Waals surface area contributed by atoms with Crippen LogP contribution in [0.15, 0.2) is 45.0 Å². The Morgan fingerprint density at radius 1 is 1.33 bits per heavy atom. The quantitative estimate of drug-likeness (QED) is 0.495. The molecule has 0 fully saturated rings. The molecule has 0 aliphatic rings. The highest BCUT2D eigenvalue weighted by Gasteiger charge is 2.07. The molecule has 1 heterocycles. The number of aromatic nitrogens is 2. The van der Waals surface area contributed by atoms with Gasteiger partial charge in [-0.1, -0.05) is 12.1 Å². The number of nitrogens with zero attached hydrogens (tertiary/aromatic N) is 3. The SMILES string of the molecule is CCN(/N=C/c1ccc(C(=O)OC)cc1)c1cc(=O)n(C)c(=O)[nH]1. The second kappa shape index (κ2) is 7.40. The number of hydrogen-bond acceptors (Lipinski definition) is 6. The maximum Gasteiger partial charge on any atom is 0.337 e. The molecule has 1 aromatic carbocycles. The van der Waals surface area contributed by atoms with Crippen molar-refractivity contribution in [3.63, 3.8) is 0 Å². The topological polar surface area (TPSA) is 96.8 Å². The minimum absolute atomic E-state index is 0.313. The molecule has 0 unspecified atom stereocenters. The van der Waals surface area contributed by atoms with Gasteiger partial charge in [0.15, 0.2) is 0 Å². The van der Waals surface area contributed by atoms with E-state index in [9.17, 15) is 14.4 Å². The zero-order valence-electron chi connectivity index (χ0n) is 13.6. The second-order valence-electron chi connectivity index (χ2n) is 4.93. The van der Waals surface area contributed by atoms with Gasteiger partial charge in [-0.05, 0) is 24.6 Å². The van der Waals surface area contributed by atoms with Crippen LogP contribution in [0.25, 0.3) is 0 Å². The highest BCUT2D eigenvalue weighted by molar-refractivity contribution is 5.90. The summed E-state index contributed by atoms with van der Waals surface area (Å²) in [7, 11) is 2.72. The van der Waals surface area contributed by atoms with Crippen LogP contribution < -0.4 is 16.3 Å². The molecule has 0 amide bonds. The van der Waals surface area contributed by atoms with Gasteiger partial charge in [0.2, 0.25) is 0 Å². The van der Waals surface area contributed by atoms with Gasteiger partial charge in [-0.25, -0.2) is 14.6 Å². The molecule has 0 atom stereocenters. The lowest BCUT2D eigenvalue weighted by Crippen LogP contribution is -2.34. The van der Waals surface area contributed by atoms with Crippen molar-refractivity contribution in [1.29, 1.82) is 0 Å². The standard InChI is InChI=1S/C16H18N4O4/c1-4-20(13-9-14(21)19(2)16(23)18-13)17-10-11-5-7-12(8-6-11)15(22)24-3/h5-10H,4H2,1-3H3,(H,18,23)/b17-10+. The number of carbonyl (C=O) groups is 1. The van der Waals surface area contributed by atoms with Crippen molar-refractivity contribution >= 4 is 18.0 Å². The number of nitrogens with one attached hydrogen (secondary N) is 1. The first-order valence-electron chi connectivity index (χ1n) is 7.26. The molecular weight excluding hydrogens is 312 g/mol. The normalized spacial score (nSPS) is 10.8. The molecule has 0 saturated carbocycles. The average molecular weight is 330 g/mol. The summed E-state index contributed by atoms with van der Waals surface area (Å²) >= 11 is 0. The summed E-state index contributed by atoms with van der Waals surface area (Å²) in [4.78, 5) is 37.4. The van der Waals surface area contributed by atoms with Crippen molar-refractivity contribution in [2.24, 2.45) is 12.1 Å². The molecule has 1 aromatic heterocycles. The number of methoxy groups -OCH3 is 1. The van der Waals surface area contributed by atoms with Gasteiger partial charge >= 0.3 is 11.7 Å². The highest BCUT2D eigenvalue weighted by Crippen LogP contribution is 2.07. The number of aromatic amines is 1. The second-order valence-corrected chi connectivity index (χ2v) is 4.93. The Labute approximate surface area is 138 Å². The van der Waals surface area contributed by atoms with E-state index >= 15 is 0 Å². The van der Waals surface area contributed by atoms with E-state index in [-0.39, 0.29) is 0 Å². The first kappa shape index (κ1) is 17.2. The van der Waals surface area contributed by atoms with Crippen molar-refractivity contribution in [2.45, 2.75) is 6.92 Å². The molecule has 0 aliphatic carbocycles. The van der Waals surface area contributed by atoms with Gasteiger partial charge in [-0.3, -0.25) is 14.3 Å². The van der Waals surface area contributed by atoms with Crippen LogP contribution in [-0.4, -0.2) is 35.4 Å². The first-order valence-corrected chi connectivity index (χ1v) is 7.26. The largest absolute Gasteiger partial charge is 0.465 e. The molecule has 0 radical (unpaired) electrons. The molecule has 2 rings (SSSR count). The molecule has 0 aliphatic heterocycles. The number of H-pyrrole nitrogens is 1. The maximum atomic E-state index is 11.7. The summed E-state index contributed by atoms with van der Waals surface area (Å²) in [5, 5.41) is 5.76. The summed E-state index contributed by atoms with van der Waals surface area (Å²) in [5.74, 6) is -0.0978. The fourth-order valence-corrected chi connectivity index (χ4v) is 1.96. The Morgan fingerprint density at radius 3 is 2.54 bits per heavy atom. The lowest BCUT2D eigenvalue weighted by Gasteiger charge is -2.16. The van der Waals surface area contributed by atoms with E-state index in [2.05, 4.69) is 14.8 Å². The number of rotatable bonds is 5. The number of hydrogen-bond donors (Lipinski definition) is 1. The number of ether oxygens (including phenoxy) is 1. The van der Waals surface area contributed by atoms with Crippen molar-refractivity contribution < 1.29 is 9.53 Å². The summed E-state index contributed by atoms with van der Waals surface area (Å²) in [6, 6.07) is 8.00. The van der Waals surface area contributed by atoms with Crippen LogP contribution in [0.5, 0.6) is 0 Å². The Bertz CT molecular complexity index is 834. The molecule has 8 nitrogen and oxygen atoms in total. The minimum atomic E-state index is -0.506. The third-order valence-electron chi connectivity index (χ3n) is 3.39.